The maximum absolute atomic E-state index is 12.3. The molecule has 1 aliphatic rings. The largest absolute Gasteiger partial charge is 0.391 e. The Kier molecular flexibility index (Phi) is 3.84. The van der Waals surface area contributed by atoms with Crippen molar-refractivity contribution in [2.24, 2.45) is 0 Å². The molecule has 4 heteroatoms. The van der Waals surface area contributed by atoms with Crippen LogP contribution in [0.4, 0.5) is 0 Å². The molecule has 1 amide bonds. The van der Waals surface area contributed by atoms with Crippen molar-refractivity contribution in [1.29, 1.82) is 0 Å². The van der Waals surface area contributed by atoms with Crippen molar-refractivity contribution in [2.75, 3.05) is 13.1 Å². The number of hydrogen-bond donors (Lipinski definition) is 1. The summed E-state index contributed by atoms with van der Waals surface area (Å²) in [5.41, 5.74) is 1.69. The number of likely N-dealkylation sites (tertiary alicyclic amines) is 1. The highest BCUT2D eigenvalue weighted by Gasteiger charge is 2.23. The van der Waals surface area contributed by atoms with Crippen molar-refractivity contribution in [3.63, 3.8) is 0 Å². The molecule has 1 N–H and O–H groups in total. The fourth-order valence-corrected chi connectivity index (χ4v) is 2.50. The van der Waals surface area contributed by atoms with Gasteiger partial charge in [-0.3, -0.25) is 4.79 Å². The smallest absolute Gasteiger partial charge is 0.254 e. The number of carbonyl (C=O) groups is 1. The molecule has 0 bridgehead atoms. The molecule has 1 atom stereocenters. The summed E-state index contributed by atoms with van der Waals surface area (Å²) >= 11 is 3.38. The number of benzene rings is 1. The second-order valence-electron chi connectivity index (χ2n) is 4.51. The minimum absolute atomic E-state index is 0.0163. The SMILES string of the molecule is Cc1ccc(Br)cc1C(=O)N1CCC[C@H](O)C1. The van der Waals surface area contributed by atoms with Crippen LogP contribution < -0.4 is 0 Å². The summed E-state index contributed by atoms with van der Waals surface area (Å²) in [4.78, 5) is 14.1. The van der Waals surface area contributed by atoms with Gasteiger partial charge in [-0.2, -0.15) is 0 Å². The molecule has 1 saturated heterocycles. The van der Waals surface area contributed by atoms with E-state index in [4.69, 9.17) is 0 Å². The average molecular weight is 298 g/mol. The van der Waals surface area contributed by atoms with E-state index in [1.54, 1.807) is 4.90 Å². The van der Waals surface area contributed by atoms with E-state index < -0.39 is 0 Å². The zero-order valence-electron chi connectivity index (χ0n) is 9.82. The number of amides is 1. The van der Waals surface area contributed by atoms with E-state index in [-0.39, 0.29) is 12.0 Å². The van der Waals surface area contributed by atoms with Gasteiger partial charge in [-0.05, 0) is 37.5 Å². The Labute approximate surface area is 110 Å². The van der Waals surface area contributed by atoms with E-state index in [0.29, 0.717) is 12.1 Å². The van der Waals surface area contributed by atoms with Gasteiger partial charge in [0, 0.05) is 23.1 Å². The van der Waals surface area contributed by atoms with E-state index in [9.17, 15) is 9.90 Å². The zero-order chi connectivity index (χ0) is 12.4. The zero-order valence-corrected chi connectivity index (χ0v) is 11.4. The first-order valence-corrected chi connectivity index (χ1v) is 6.60. The average Bonchev–Trinajstić information content (AvgIpc) is 2.31. The molecule has 3 nitrogen and oxygen atoms in total. The van der Waals surface area contributed by atoms with Gasteiger partial charge in [0.1, 0.15) is 0 Å². The third-order valence-corrected chi connectivity index (χ3v) is 3.61. The van der Waals surface area contributed by atoms with Gasteiger partial charge in [-0.25, -0.2) is 0 Å². The van der Waals surface area contributed by atoms with Gasteiger partial charge >= 0.3 is 0 Å². The minimum atomic E-state index is -0.375. The van der Waals surface area contributed by atoms with Gasteiger partial charge in [-0.15, -0.1) is 0 Å². The van der Waals surface area contributed by atoms with Crippen LogP contribution in [0, 0.1) is 6.92 Å². The van der Waals surface area contributed by atoms with Crippen LogP contribution in [-0.4, -0.2) is 35.1 Å². The molecule has 0 saturated carbocycles. The quantitative estimate of drug-likeness (QED) is 0.864. The van der Waals surface area contributed by atoms with Crippen LogP contribution >= 0.6 is 15.9 Å². The van der Waals surface area contributed by atoms with Crippen LogP contribution in [0.3, 0.4) is 0 Å². The predicted octanol–water partition coefficient (Wildman–Crippen LogP) is 2.35. The van der Waals surface area contributed by atoms with Gasteiger partial charge < -0.3 is 10.0 Å². The number of β-amino-alcohol motifs (C(OH)–C–C–N with tert-alkyl or cyclic N) is 1. The molecule has 2 rings (SSSR count). The van der Waals surface area contributed by atoms with Crippen LogP contribution in [0.15, 0.2) is 22.7 Å². The summed E-state index contributed by atoms with van der Waals surface area (Å²) in [6.45, 7) is 3.12. The third kappa shape index (κ3) is 2.87. The monoisotopic (exact) mass is 297 g/mol. The molecular formula is C13H16BrNO2. The summed E-state index contributed by atoms with van der Waals surface area (Å²) in [5, 5.41) is 9.60. The summed E-state index contributed by atoms with van der Waals surface area (Å²) in [6, 6.07) is 5.70. The molecule has 1 aromatic carbocycles. The Morgan fingerprint density at radius 3 is 3.00 bits per heavy atom. The second kappa shape index (κ2) is 5.19. The number of aliphatic hydroxyl groups is 1. The topological polar surface area (TPSA) is 40.5 Å². The molecule has 1 heterocycles. The van der Waals surface area contributed by atoms with E-state index in [2.05, 4.69) is 15.9 Å². The Morgan fingerprint density at radius 1 is 1.53 bits per heavy atom. The highest BCUT2D eigenvalue weighted by atomic mass is 79.9. The molecule has 1 aliphatic heterocycles. The molecular weight excluding hydrogens is 282 g/mol. The van der Waals surface area contributed by atoms with E-state index >= 15 is 0 Å². The molecule has 0 aliphatic carbocycles. The van der Waals surface area contributed by atoms with Gasteiger partial charge in [-0.1, -0.05) is 22.0 Å². The summed E-state index contributed by atoms with van der Waals surface area (Å²) in [6.07, 6.45) is 1.29. The first-order chi connectivity index (χ1) is 8.08. The van der Waals surface area contributed by atoms with Crippen molar-refractivity contribution in [3.05, 3.63) is 33.8 Å². The second-order valence-corrected chi connectivity index (χ2v) is 5.42. The van der Waals surface area contributed by atoms with Crippen LogP contribution in [0.5, 0.6) is 0 Å². The first kappa shape index (κ1) is 12.6. The van der Waals surface area contributed by atoms with Gasteiger partial charge in [0.05, 0.1) is 6.10 Å². The maximum atomic E-state index is 12.3. The predicted molar refractivity (Wildman–Crippen MR) is 70.0 cm³/mol. The number of hydrogen-bond acceptors (Lipinski definition) is 2. The lowest BCUT2D eigenvalue weighted by Gasteiger charge is -2.30. The van der Waals surface area contributed by atoms with Crippen LogP contribution in [0.25, 0.3) is 0 Å². The number of aliphatic hydroxyl groups excluding tert-OH is 1. The normalized spacial score (nSPS) is 20.4. The summed E-state index contributed by atoms with van der Waals surface area (Å²) < 4.78 is 0.906. The number of halogens is 1. The maximum Gasteiger partial charge on any atom is 0.254 e. The van der Waals surface area contributed by atoms with E-state index in [1.165, 1.54) is 0 Å². The first-order valence-electron chi connectivity index (χ1n) is 5.81. The van der Waals surface area contributed by atoms with Gasteiger partial charge in [0.25, 0.3) is 5.91 Å². The molecule has 0 radical (unpaired) electrons. The van der Waals surface area contributed by atoms with Crippen molar-refractivity contribution in [3.8, 4) is 0 Å². The molecule has 1 fully saturated rings. The van der Waals surface area contributed by atoms with Crippen molar-refractivity contribution in [1.82, 2.24) is 4.90 Å². The molecule has 0 spiro atoms. The number of piperidine rings is 1. The summed E-state index contributed by atoms with van der Waals surface area (Å²) in [5.74, 6) is 0.0163. The Hall–Kier alpha value is -0.870. The third-order valence-electron chi connectivity index (χ3n) is 3.11. The lowest BCUT2D eigenvalue weighted by Crippen LogP contribution is -2.42. The number of aryl methyl sites for hydroxylation is 1. The molecule has 17 heavy (non-hydrogen) atoms. The summed E-state index contributed by atoms with van der Waals surface area (Å²) in [7, 11) is 0. The van der Waals surface area contributed by atoms with Gasteiger partial charge in [0.2, 0.25) is 0 Å². The van der Waals surface area contributed by atoms with Crippen molar-refractivity contribution < 1.29 is 9.90 Å². The number of nitrogens with zero attached hydrogens (tertiary/aromatic N) is 1. The lowest BCUT2D eigenvalue weighted by molar-refractivity contribution is 0.0473. The van der Waals surface area contributed by atoms with E-state index in [0.717, 1.165) is 29.4 Å². The van der Waals surface area contributed by atoms with Gasteiger partial charge in [0.15, 0.2) is 0 Å². The molecule has 92 valence electrons. The lowest BCUT2D eigenvalue weighted by atomic mass is 10.0. The molecule has 1 aromatic rings. The van der Waals surface area contributed by atoms with Crippen LogP contribution in [-0.2, 0) is 0 Å². The molecule has 0 aromatic heterocycles. The standard InChI is InChI=1S/C13H16BrNO2/c1-9-4-5-10(14)7-12(9)13(17)15-6-2-3-11(16)8-15/h4-5,7,11,16H,2-3,6,8H2,1H3/t11-/m0/s1. The van der Waals surface area contributed by atoms with Crippen LogP contribution in [0.2, 0.25) is 0 Å². The molecule has 0 unspecified atom stereocenters. The van der Waals surface area contributed by atoms with Crippen LogP contribution in [0.1, 0.15) is 28.8 Å². The highest BCUT2D eigenvalue weighted by Crippen LogP contribution is 2.20. The van der Waals surface area contributed by atoms with E-state index in [1.807, 2.05) is 25.1 Å². The minimum Gasteiger partial charge on any atom is -0.391 e. The number of carbonyl (C=O) groups excluding carboxylic acids is 1. The Bertz CT molecular complexity index is 433. The Morgan fingerprint density at radius 2 is 2.29 bits per heavy atom. The Balaban J connectivity index is 2.21. The fourth-order valence-electron chi connectivity index (χ4n) is 2.13. The highest BCUT2D eigenvalue weighted by molar-refractivity contribution is 9.10. The van der Waals surface area contributed by atoms with Crippen molar-refractivity contribution in [2.45, 2.75) is 25.9 Å². The van der Waals surface area contributed by atoms with Crippen molar-refractivity contribution >= 4 is 21.8 Å². The number of rotatable bonds is 1. The fraction of sp³-hybridized carbons (Fsp3) is 0.462.